The number of para-hydroxylation sites is 1. The highest BCUT2D eigenvalue weighted by atomic mass is 19.1. The predicted molar refractivity (Wildman–Crippen MR) is 126 cm³/mol. The number of hydrogen-bond acceptors (Lipinski definition) is 4. The molecule has 7 nitrogen and oxygen atoms in total. The number of aromatic nitrogens is 2. The summed E-state index contributed by atoms with van der Waals surface area (Å²) >= 11 is 0. The molecule has 0 radical (unpaired) electrons. The molecule has 4 rings (SSSR count). The van der Waals surface area contributed by atoms with Crippen LogP contribution in [0.5, 0.6) is 0 Å². The summed E-state index contributed by atoms with van der Waals surface area (Å²) in [4.78, 5) is 44.0. The molecule has 8 heteroatoms. The molecular weight excluding hydrogens is 423 g/mol. The third-order valence-electron chi connectivity index (χ3n) is 6.25. The SMILES string of the molecule is CC(C)CN1CCC(N(C)C(=O)c2cc(Cn3c(=O)[nH]c(=O)c4ccccc43)ccc2F)C1. The highest BCUT2D eigenvalue weighted by Gasteiger charge is 2.30. The smallest absolute Gasteiger partial charge is 0.329 e. The quantitative estimate of drug-likeness (QED) is 0.624. The number of benzene rings is 2. The zero-order valence-electron chi connectivity index (χ0n) is 19.2. The van der Waals surface area contributed by atoms with Gasteiger partial charge in [0, 0.05) is 32.7 Å². The van der Waals surface area contributed by atoms with Crippen LogP contribution in [0.4, 0.5) is 4.39 Å². The summed E-state index contributed by atoms with van der Waals surface area (Å²) in [6.45, 7) is 7.11. The maximum atomic E-state index is 14.7. The van der Waals surface area contributed by atoms with Gasteiger partial charge in [-0.2, -0.15) is 0 Å². The average molecular weight is 453 g/mol. The van der Waals surface area contributed by atoms with Crippen molar-refractivity contribution < 1.29 is 9.18 Å². The fourth-order valence-electron chi connectivity index (χ4n) is 4.58. The van der Waals surface area contributed by atoms with Crippen molar-refractivity contribution in [3.8, 4) is 0 Å². The lowest BCUT2D eigenvalue weighted by Crippen LogP contribution is -2.39. The van der Waals surface area contributed by atoms with Gasteiger partial charge in [-0.15, -0.1) is 0 Å². The van der Waals surface area contributed by atoms with Gasteiger partial charge in [-0.05, 0) is 42.2 Å². The predicted octanol–water partition coefficient (Wildman–Crippen LogP) is 2.68. The molecule has 1 unspecified atom stereocenters. The topological polar surface area (TPSA) is 78.4 Å². The third-order valence-corrected chi connectivity index (χ3v) is 6.25. The van der Waals surface area contributed by atoms with Crippen LogP contribution in [0, 0.1) is 11.7 Å². The van der Waals surface area contributed by atoms with E-state index in [1.54, 1.807) is 42.3 Å². The standard InChI is InChI=1S/C25H29FN4O3/c1-16(2)13-29-11-10-18(15-29)28(3)24(32)20-12-17(8-9-21(20)26)14-30-22-7-5-4-6-19(22)23(31)27-25(30)33/h4-9,12,16,18H,10-11,13-15H2,1-3H3,(H,27,31,33). The second-order valence-electron chi connectivity index (χ2n) is 9.19. The van der Waals surface area contributed by atoms with Gasteiger partial charge in [0.1, 0.15) is 5.82 Å². The lowest BCUT2D eigenvalue weighted by molar-refractivity contribution is 0.0729. The van der Waals surface area contributed by atoms with Crippen molar-refractivity contribution in [1.29, 1.82) is 0 Å². The van der Waals surface area contributed by atoms with Gasteiger partial charge in [0.15, 0.2) is 0 Å². The van der Waals surface area contributed by atoms with Crippen LogP contribution in [0.25, 0.3) is 10.9 Å². The Kier molecular flexibility index (Phi) is 6.47. The van der Waals surface area contributed by atoms with Crippen molar-refractivity contribution in [1.82, 2.24) is 19.4 Å². The van der Waals surface area contributed by atoms with Gasteiger partial charge in [0.2, 0.25) is 0 Å². The number of nitrogens with zero attached hydrogens (tertiary/aromatic N) is 3. The molecule has 2 aromatic carbocycles. The number of nitrogens with one attached hydrogen (secondary N) is 1. The summed E-state index contributed by atoms with van der Waals surface area (Å²) in [5.74, 6) is -0.415. The minimum Gasteiger partial charge on any atom is -0.337 e. The van der Waals surface area contributed by atoms with E-state index in [9.17, 15) is 18.8 Å². The Bertz CT molecular complexity index is 1300. The Balaban J connectivity index is 1.59. The van der Waals surface area contributed by atoms with Crippen molar-refractivity contribution in [2.45, 2.75) is 32.9 Å². The molecule has 174 valence electrons. The van der Waals surface area contributed by atoms with E-state index >= 15 is 0 Å². The summed E-state index contributed by atoms with van der Waals surface area (Å²) in [7, 11) is 1.72. The summed E-state index contributed by atoms with van der Waals surface area (Å²) in [5.41, 5.74) is 0.0620. The van der Waals surface area contributed by atoms with E-state index in [4.69, 9.17) is 0 Å². The number of hydrogen-bond donors (Lipinski definition) is 1. The van der Waals surface area contributed by atoms with Crippen LogP contribution in [0.2, 0.25) is 0 Å². The lowest BCUT2D eigenvalue weighted by atomic mass is 10.1. The maximum Gasteiger partial charge on any atom is 0.329 e. The summed E-state index contributed by atoms with van der Waals surface area (Å²) in [6.07, 6.45) is 0.856. The monoisotopic (exact) mass is 452 g/mol. The van der Waals surface area contributed by atoms with E-state index in [1.807, 2.05) is 0 Å². The van der Waals surface area contributed by atoms with Gasteiger partial charge in [-0.3, -0.25) is 19.1 Å². The molecule has 33 heavy (non-hydrogen) atoms. The second-order valence-corrected chi connectivity index (χ2v) is 9.19. The Hall–Kier alpha value is -3.26. The van der Waals surface area contributed by atoms with Gasteiger partial charge < -0.3 is 9.80 Å². The summed E-state index contributed by atoms with van der Waals surface area (Å²) in [6, 6.07) is 11.2. The van der Waals surface area contributed by atoms with Crippen LogP contribution in [0.3, 0.4) is 0 Å². The molecule has 1 aliphatic heterocycles. The number of halogens is 1. The van der Waals surface area contributed by atoms with Crippen LogP contribution < -0.4 is 11.2 Å². The van der Waals surface area contributed by atoms with Gasteiger partial charge in [0.25, 0.3) is 11.5 Å². The van der Waals surface area contributed by atoms with Crippen molar-refractivity contribution in [2.75, 3.05) is 26.7 Å². The Morgan fingerprint density at radius 3 is 2.73 bits per heavy atom. The van der Waals surface area contributed by atoms with Crippen LogP contribution in [0.1, 0.15) is 36.2 Å². The largest absolute Gasteiger partial charge is 0.337 e. The molecule has 1 fully saturated rings. The van der Waals surface area contributed by atoms with Crippen molar-refractivity contribution in [2.24, 2.45) is 5.92 Å². The number of amides is 1. The van der Waals surface area contributed by atoms with E-state index in [2.05, 4.69) is 23.7 Å². The minimum absolute atomic E-state index is 0.0147. The molecule has 3 aromatic rings. The van der Waals surface area contributed by atoms with Crippen molar-refractivity contribution in [3.63, 3.8) is 0 Å². The molecule has 1 aromatic heterocycles. The Labute approximate surface area is 191 Å². The molecule has 1 saturated heterocycles. The highest BCUT2D eigenvalue weighted by Crippen LogP contribution is 2.20. The molecule has 1 atom stereocenters. The molecule has 1 N–H and O–H groups in total. The number of fused-ring (bicyclic) bond motifs is 1. The Morgan fingerprint density at radius 2 is 1.97 bits per heavy atom. The summed E-state index contributed by atoms with van der Waals surface area (Å²) < 4.78 is 16.1. The van der Waals surface area contributed by atoms with Crippen LogP contribution >= 0.6 is 0 Å². The first-order chi connectivity index (χ1) is 15.7. The van der Waals surface area contributed by atoms with Gasteiger partial charge in [-0.1, -0.05) is 32.0 Å². The molecule has 0 saturated carbocycles. The van der Waals surface area contributed by atoms with Gasteiger partial charge in [0.05, 0.1) is 23.0 Å². The van der Waals surface area contributed by atoms with E-state index < -0.39 is 17.1 Å². The number of rotatable bonds is 6. The third kappa shape index (κ3) is 4.75. The molecule has 0 bridgehead atoms. The van der Waals surface area contributed by atoms with Crippen molar-refractivity contribution in [3.05, 3.63) is 80.2 Å². The fraction of sp³-hybridized carbons (Fsp3) is 0.400. The lowest BCUT2D eigenvalue weighted by Gasteiger charge is -2.26. The molecule has 1 amide bonds. The number of carbonyl (C=O) groups is 1. The number of carbonyl (C=O) groups excluding carboxylic acids is 1. The molecule has 0 aliphatic carbocycles. The fourth-order valence-corrected chi connectivity index (χ4v) is 4.58. The van der Waals surface area contributed by atoms with Crippen LogP contribution in [-0.2, 0) is 6.54 Å². The van der Waals surface area contributed by atoms with Crippen molar-refractivity contribution >= 4 is 16.8 Å². The minimum atomic E-state index is -0.591. The van der Waals surface area contributed by atoms with E-state index in [-0.39, 0.29) is 24.1 Å². The number of likely N-dealkylation sites (tertiary alicyclic amines) is 1. The molecule has 2 heterocycles. The zero-order chi connectivity index (χ0) is 23.7. The van der Waals surface area contributed by atoms with Crippen LogP contribution in [0.15, 0.2) is 52.1 Å². The van der Waals surface area contributed by atoms with E-state index in [0.717, 1.165) is 26.1 Å². The molecular formula is C25H29FN4O3. The van der Waals surface area contributed by atoms with Crippen LogP contribution in [-0.4, -0.2) is 58.0 Å². The number of H-pyrrole nitrogens is 1. The normalized spacial score (nSPS) is 16.6. The first-order valence-corrected chi connectivity index (χ1v) is 11.2. The number of aromatic amines is 1. The molecule has 0 spiro atoms. The highest BCUT2D eigenvalue weighted by molar-refractivity contribution is 5.94. The Morgan fingerprint density at radius 1 is 1.21 bits per heavy atom. The van der Waals surface area contributed by atoms with Gasteiger partial charge in [-0.25, -0.2) is 9.18 Å². The second kappa shape index (κ2) is 9.31. The van der Waals surface area contributed by atoms with E-state index in [0.29, 0.717) is 22.4 Å². The zero-order valence-corrected chi connectivity index (χ0v) is 19.2. The van der Waals surface area contributed by atoms with E-state index in [1.165, 1.54) is 16.7 Å². The first-order valence-electron chi connectivity index (χ1n) is 11.2. The average Bonchev–Trinajstić information content (AvgIpc) is 3.24. The van der Waals surface area contributed by atoms with Gasteiger partial charge >= 0.3 is 5.69 Å². The maximum absolute atomic E-state index is 14.7. The summed E-state index contributed by atoms with van der Waals surface area (Å²) in [5, 5.41) is 0.391. The number of likely N-dealkylation sites (N-methyl/N-ethyl adjacent to an activating group) is 1. The first kappa shape index (κ1) is 22.9. The molecule has 1 aliphatic rings.